The normalized spacial score (nSPS) is 12.0. The first-order chi connectivity index (χ1) is 12.1. The van der Waals surface area contributed by atoms with E-state index in [1.807, 2.05) is 0 Å². The Bertz CT molecular complexity index is 256. The molecular weight excluding hydrogens is 465 g/mol. The average Bonchev–Trinajstić information content (AvgIpc) is 2.52. The second-order valence-electron chi connectivity index (χ2n) is 6.21. The number of rotatable bonds is 14. The predicted octanol–water partition coefficient (Wildman–Crippen LogP) is 7.60. The number of hydrogen-bond donors (Lipinski definition) is 0. The van der Waals surface area contributed by atoms with E-state index in [9.17, 15) is 26.3 Å². The fourth-order valence-electron chi connectivity index (χ4n) is 1.96. The quantitative estimate of drug-likeness (QED) is 0.136. The van der Waals surface area contributed by atoms with Gasteiger partial charge in [-0.15, -0.1) is 0 Å². The fraction of sp³-hybridized carbons (Fsp3) is 1.00. The van der Waals surface area contributed by atoms with Crippen LogP contribution in [0, 0.1) is 0 Å². The van der Waals surface area contributed by atoms with Crippen molar-refractivity contribution in [1.29, 1.82) is 0 Å². The number of halogens is 6. The molecule has 0 saturated carbocycles. The monoisotopic (exact) mass is 500 g/mol. The van der Waals surface area contributed by atoms with Gasteiger partial charge in [0.15, 0.2) is 0 Å². The zero-order valence-electron chi connectivity index (χ0n) is 16.1. The number of hydrogen-bond acceptors (Lipinski definition) is 1. The van der Waals surface area contributed by atoms with Crippen molar-refractivity contribution in [2.45, 2.75) is 99.3 Å². The van der Waals surface area contributed by atoms with E-state index in [4.69, 9.17) is 4.74 Å². The van der Waals surface area contributed by atoms with Gasteiger partial charge in [0.1, 0.15) is 0 Å². The maximum atomic E-state index is 11.7. The van der Waals surface area contributed by atoms with E-state index in [1.54, 1.807) is 0 Å². The summed E-state index contributed by atoms with van der Waals surface area (Å²) in [5.74, 6) is 0. The molecule has 0 atom stereocenters. The Balaban J connectivity index is 0. The van der Waals surface area contributed by atoms with Crippen LogP contribution < -0.4 is 0 Å². The molecule has 26 heavy (non-hydrogen) atoms. The van der Waals surface area contributed by atoms with Crippen molar-refractivity contribution in [3.05, 3.63) is 0 Å². The Morgan fingerprint density at radius 1 is 0.615 bits per heavy atom. The summed E-state index contributed by atoms with van der Waals surface area (Å²) in [6.45, 7) is 6.38. The summed E-state index contributed by atoms with van der Waals surface area (Å²) in [6, 6.07) is 0. The van der Waals surface area contributed by atoms with Crippen LogP contribution in [0.25, 0.3) is 0 Å². The SMILES string of the molecule is CCCCCOCCCCC.FC(F)(F)CC[CH2][Sn][CH2]CCC(F)(F)F. The Morgan fingerprint density at radius 3 is 1.31 bits per heavy atom. The first kappa shape index (κ1) is 28.5. The summed E-state index contributed by atoms with van der Waals surface area (Å²) in [5.41, 5.74) is 0. The molecule has 0 amide bonds. The number of ether oxygens (including phenoxy) is 1. The van der Waals surface area contributed by atoms with Crippen LogP contribution >= 0.6 is 0 Å². The maximum absolute atomic E-state index is 11.7. The molecule has 0 aliphatic rings. The van der Waals surface area contributed by atoms with Gasteiger partial charge in [-0.2, -0.15) is 0 Å². The zero-order chi connectivity index (χ0) is 20.3. The molecule has 0 unspecified atom stereocenters. The van der Waals surface area contributed by atoms with Gasteiger partial charge < -0.3 is 4.74 Å². The third kappa shape index (κ3) is 32.0. The Morgan fingerprint density at radius 2 is 1.00 bits per heavy atom. The van der Waals surface area contributed by atoms with E-state index in [2.05, 4.69) is 13.8 Å². The second-order valence-corrected chi connectivity index (χ2v) is 10.5. The summed E-state index contributed by atoms with van der Waals surface area (Å²) in [5, 5.41) is 0. The molecule has 0 bridgehead atoms. The molecule has 0 heterocycles. The van der Waals surface area contributed by atoms with Crippen LogP contribution in [0.3, 0.4) is 0 Å². The third-order valence-corrected chi connectivity index (χ3v) is 7.45. The van der Waals surface area contributed by atoms with Crippen LogP contribution in [0.1, 0.15) is 78.1 Å². The summed E-state index contributed by atoms with van der Waals surface area (Å²) >= 11 is -0.987. The molecule has 0 saturated heterocycles. The molecule has 0 aliphatic heterocycles. The van der Waals surface area contributed by atoms with Gasteiger partial charge in [0.05, 0.1) is 0 Å². The van der Waals surface area contributed by atoms with E-state index < -0.39 is 46.3 Å². The minimum absolute atomic E-state index is 0.0850. The van der Waals surface area contributed by atoms with Gasteiger partial charge in [-0.1, -0.05) is 39.5 Å². The van der Waals surface area contributed by atoms with Crippen molar-refractivity contribution < 1.29 is 31.1 Å². The van der Waals surface area contributed by atoms with Gasteiger partial charge >= 0.3 is 94.4 Å². The van der Waals surface area contributed by atoms with Gasteiger partial charge in [0.25, 0.3) is 0 Å². The van der Waals surface area contributed by atoms with E-state index in [1.165, 1.54) is 38.5 Å². The molecule has 0 aromatic heterocycles. The Kier molecular flexibility index (Phi) is 20.5. The first-order valence-corrected chi connectivity index (χ1v) is 13.6. The van der Waals surface area contributed by atoms with Crippen molar-refractivity contribution in [2.75, 3.05) is 13.2 Å². The van der Waals surface area contributed by atoms with Crippen LogP contribution in [0.2, 0.25) is 8.87 Å². The molecular formula is C18H34F6OSn. The molecule has 158 valence electrons. The van der Waals surface area contributed by atoms with Gasteiger partial charge in [-0.05, 0) is 12.8 Å². The minimum atomic E-state index is -4.12. The molecule has 0 spiro atoms. The Labute approximate surface area is 164 Å². The molecule has 0 rings (SSSR count). The van der Waals surface area contributed by atoms with Gasteiger partial charge in [0.2, 0.25) is 0 Å². The van der Waals surface area contributed by atoms with Crippen molar-refractivity contribution in [3.8, 4) is 0 Å². The number of unbranched alkanes of at least 4 members (excludes halogenated alkanes) is 4. The molecule has 8 heteroatoms. The molecule has 0 aromatic rings. The van der Waals surface area contributed by atoms with Crippen molar-refractivity contribution >= 4 is 21.1 Å². The number of alkyl halides is 6. The molecule has 0 aliphatic carbocycles. The Hall–Kier alpha value is 0.339. The van der Waals surface area contributed by atoms with Gasteiger partial charge in [-0.25, -0.2) is 0 Å². The first-order valence-electron chi connectivity index (χ1n) is 9.54. The van der Waals surface area contributed by atoms with Crippen LogP contribution in [-0.4, -0.2) is 46.7 Å². The topological polar surface area (TPSA) is 9.23 Å². The molecule has 0 N–H and O–H groups in total. The van der Waals surface area contributed by atoms with E-state index >= 15 is 0 Å². The van der Waals surface area contributed by atoms with Gasteiger partial charge in [-0.3, -0.25) is 0 Å². The van der Waals surface area contributed by atoms with Crippen molar-refractivity contribution in [2.24, 2.45) is 0 Å². The zero-order valence-corrected chi connectivity index (χ0v) is 18.9. The van der Waals surface area contributed by atoms with Gasteiger partial charge in [0, 0.05) is 13.2 Å². The van der Waals surface area contributed by atoms with Crippen LogP contribution in [-0.2, 0) is 4.74 Å². The van der Waals surface area contributed by atoms with E-state index in [-0.39, 0.29) is 12.8 Å². The second kappa shape index (κ2) is 18.7. The van der Waals surface area contributed by atoms with E-state index in [0.717, 1.165) is 13.2 Å². The van der Waals surface area contributed by atoms with Crippen LogP contribution in [0.5, 0.6) is 0 Å². The van der Waals surface area contributed by atoms with Crippen molar-refractivity contribution in [1.82, 2.24) is 0 Å². The van der Waals surface area contributed by atoms with Crippen molar-refractivity contribution in [3.63, 3.8) is 0 Å². The van der Waals surface area contributed by atoms with Crippen LogP contribution in [0.15, 0.2) is 0 Å². The standard InChI is InChI=1S/C10H22O.2C4H6F3.Sn/c1-3-5-7-9-11-10-8-6-4-2;2*1-2-3-4(5,6)7;/h3-10H2,1-2H3;2*1-3H2;. The average molecular weight is 499 g/mol. The summed E-state index contributed by atoms with van der Waals surface area (Å²) < 4.78 is 76.4. The molecule has 0 aromatic carbocycles. The molecule has 1 nitrogen and oxygen atoms in total. The summed E-state index contributed by atoms with van der Waals surface area (Å²) in [4.78, 5) is 0. The molecule has 2 radical (unpaired) electrons. The predicted molar refractivity (Wildman–Crippen MR) is 95.8 cm³/mol. The summed E-state index contributed by atoms with van der Waals surface area (Å²) in [7, 11) is 0. The summed E-state index contributed by atoms with van der Waals surface area (Å²) in [6.07, 6.45) is -1.98. The fourth-order valence-corrected chi connectivity index (χ4v) is 5.11. The molecule has 0 fully saturated rings. The third-order valence-electron chi connectivity index (χ3n) is 3.41. The van der Waals surface area contributed by atoms with E-state index in [0.29, 0.717) is 8.87 Å². The van der Waals surface area contributed by atoms with Crippen LogP contribution in [0.4, 0.5) is 26.3 Å².